The van der Waals surface area contributed by atoms with E-state index in [0.717, 1.165) is 5.56 Å². The Morgan fingerprint density at radius 3 is 2.57 bits per heavy atom. The fraction of sp³-hybridized carbons (Fsp3) is 0.294. The van der Waals surface area contributed by atoms with Crippen molar-refractivity contribution in [2.24, 2.45) is 0 Å². The van der Waals surface area contributed by atoms with E-state index in [1.54, 1.807) is 19.2 Å². The highest BCUT2D eigenvalue weighted by Gasteiger charge is 2.16. The predicted octanol–water partition coefficient (Wildman–Crippen LogP) is 3.43. The van der Waals surface area contributed by atoms with Crippen LogP contribution in [-0.2, 0) is 6.42 Å². The minimum atomic E-state index is -0.297. The third-order valence-electron chi connectivity index (χ3n) is 3.45. The number of halogens is 1. The van der Waals surface area contributed by atoms with Crippen molar-refractivity contribution in [3.05, 3.63) is 59.4 Å². The zero-order chi connectivity index (χ0) is 15.2. The van der Waals surface area contributed by atoms with Gasteiger partial charge in [-0.1, -0.05) is 24.3 Å². The van der Waals surface area contributed by atoms with Gasteiger partial charge in [-0.15, -0.1) is 0 Å². The molecule has 0 aliphatic carbocycles. The van der Waals surface area contributed by atoms with Gasteiger partial charge >= 0.3 is 0 Å². The summed E-state index contributed by atoms with van der Waals surface area (Å²) >= 11 is 0. The molecule has 0 saturated carbocycles. The molecule has 0 bridgehead atoms. The van der Waals surface area contributed by atoms with Crippen LogP contribution in [0.4, 0.5) is 4.39 Å². The molecule has 1 atom stereocenters. The number of aliphatic hydroxyl groups is 1. The summed E-state index contributed by atoms with van der Waals surface area (Å²) in [6, 6.07) is 12.1. The standard InChI is InChI=1S/C17H20FNO2/c1-12(19-2)17-14(18)7-5-9-16(17)21-15-8-4-3-6-13(15)10-11-20/h3-9,12,19-20H,10-11H2,1-2H3. The van der Waals surface area contributed by atoms with Crippen molar-refractivity contribution in [1.29, 1.82) is 0 Å². The van der Waals surface area contributed by atoms with E-state index in [4.69, 9.17) is 9.84 Å². The van der Waals surface area contributed by atoms with Gasteiger partial charge in [-0.2, -0.15) is 0 Å². The Bertz CT molecular complexity index is 601. The summed E-state index contributed by atoms with van der Waals surface area (Å²) < 4.78 is 20.0. The molecule has 0 saturated heterocycles. The third kappa shape index (κ3) is 3.60. The smallest absolute Gasteiger partial charge is 0.135 e. The Kier molecular flexibility index (Phi) is 5.31. The molecule has 3 nitrogen and oxygen atoms in total. The first-order valence-corrected chi connectivity index (χ1v) is 6.99. The lowest BCUT2D eigenvalue weighted by molar-refractivity contribution is 0.297. The average Bonchev–Trinajstić information content (AvgIpc) is 2.49. The molecule has 2 rings (SSSR count). The molecule has 21 heavy (non-hydrogen) atoms. The highest BCUT2D eigenvalue weighted by atomic mass is 19.1. The van der Waals surface area contributed by atoms with Crippen molar-refractivity contribution >= 4 is 0 Å². The van der Waals surface area contributed by atoms with Gasteiger partial charge in [0.1, 0.15) is 17.3 Å². The summed E-state index contributed by atoms with van der Waals surface area (Å²) in [5, 5.41) is 12.1. The first kappa shape index (κ1) is 15.5. The summed E-state index contributed by atoms with van der Waals surface area (Å²) in [5.74, 6) is 0.831. The van der Waals surface area contributed by atoms with Gasteiger partial charge in [0, 0.05) is 18.2 Å². The van der Waals surface area contributed by atoms with E-state index in [-0.39, 0.29) is 18.5 Å². The molecular weight excluding hydrogens is 269 g/mol. The van der Waals surface area contributed by atoms with Gasteiger partial charge in [0.15, 0.2) is 0 Å². The van der Waals surface area contributed by atoms with E-state index in [1.807, 2.05) is 31.2 Å². The van der Waals surface area contributed by atoms with Crippen LogP contribution in [0.5, 0.6) is 11.5 Å². The van der Waals surface area contributed by atoms with Crippen molar-refractivity contribution in [2.45, 2.75) is 19.4 Å². The number of hydrogen-bond acceptors (Lipinski definition) is 3. The number of aliphatic hydroxyl groups excluding tert-OH is 1. The number of para-hydroxylation sites is 1. The van der Waals surface area contributed by atoms with Crippen LogP contribution < -0.4 is 10.1 Å². The van der Waals surface area contributed by atoms with Crippen molar-refractivity contribution in [3.8, 4) is 11.5 Å². The molecule has 112 valence electrons. The van der Waals surface area contributed by atoms with E-state index in [0.29, 0.717) is 23.5 Å². The maximum atomic E-state index is 14.1. The van der Waals surface area contributed by atoms with Crippen molar-refractivity contribution in [3.63, 3.8) is 0 Å². The highest BCUT2D eigenvalue weighted by Crippen LogP contribution is 2.33. The van der Waals surface area contributed by atoms with E-state index < -0.39 is 0 Å². The Balaban J connectivity index is 2.38. The van der Waals surface area contributed by atoms with E-state index >= 15 is 0 Å². The number of hydrogen-bond donors (Lipinski definition) is 2. The molecule has 1 unspecified atom stereocenters. The summed E-state index contributed by atoms with van der Waals surface area (Å²) in [5.41, 5.74) is 1.39. The molecule has 2 aromatic carbocycles. The maximum absolute atomic E-state index is 14.1. The Morgan fingerprint density at radius 2 is 1.86 bits per heavy atom. The molecule has 0 amide bonds. The van der Waals surface area contributed by atoms with Gasteiger partial charge in [-0.05, 0) is 44.2 Å². The summed E-state index contributed by atoms with van der Waals surface area (Å²) in [6.45, 7) is 1.92. The normalized spacial score (nSPS) is 12.2. The molecule has 0 aliphatic heterocycles. The summed E-state index contributed by atoms with van der Waals surface area (Å²) in [6.07, 6.45) is 0.502. The first-order valence-electron chi connectivity index (χ1n) is 6.99. The van der Waals surface area contributed by atoms with Crippen LogP contribution in [-0.4, -0.2) is 18.8 Å². The lowest BCUT2D eigenvalue weighted by Crippen LogP contribution is -2.15. The number of nitrogens with one attached hydrogen (secondary N) is 1. The number of rotatable bonds is 6. The number of benzene rings is 2. The van der Waals surface area contributed by atoms with Crippen LogP contribution in [0.25, 0.3) is 0 Å². The lowest BCUT2D eigenvalue weighted by atomic mass is 10.1. The van der Waals surface area contributed by atoms with Crippen LogP contribution in [0.1, 0.15) is 24.1 Å². The first-order chi connectivity index (χ1) is 10.2. The van der Waals surface area contributed by atoms with Gasteiger partial charge in [-0.3, -0.25) is 0 Å². The van der Waals surface area contributed by atoms with E-state index in [2.05, 4.69) is 5.32 Å². The van der Waals surface area contributed by atoms with Crippen LogP contribution in [0.15, 0.2) is 42.5 Å². The molecule has 0 aromatic heterocycles. The van der Waals surface area contributed by atoms with E-state index in [1.165, 1.54) is 6.07 Å². The molecule has 4 heteroatoms. The summed E-state index contributed by atoms with van der Waals surface area (Å²) in [4.78, 5) is 0. The van der Waals surface area contributed by atoms with Crippen LogP contribution in [0, 0.1) is 5.82 Å². The maximum Gasteiger partial charge on any atom is 0.135 e. The van der Waals surface area contributed by atoms with Gasteiger partial charge in [0.05, 0.1) is 0 Å². The minimum Gasteiger partial charge on any atom is -0.457 e. The zero-order valence-corrected chi connectivity index (χ0v) is 12.3. The zero-order valence-electron chi connectivity index (χ0n) is 12.3. The van der Waals surface area contributed by atoms with Crippen molar-refractivity contribution < 1.29 is 14.2 Å². The van der Waals surface area contributed by atoms with Crippen LogP contribution in [0.3, 0.4) is 0 Å². The fourth-order valence-electron chi connectivity index (χ4n) is 2.22. The average molecular weight is 289 g/mol. The van der Waals surface area contributed by atoms with Crippen LogP contribution in [0.2, 0.25) is 0 Å². The molecule has 0 radical (unpaired) electrons. The summed E-state index contributed by atoms with van der Waals surface area (Å²) in [7, 11) is 1.78. The van der Waals surface area contributed by atoms with Gasteiger partial charge < -0.3 is 15.2 Å². The highest BCUT2D eigenvalue weighted by molar-refractivity contribution is 5.43. The Labute approximate surface area is 124 Å². The molecule has 0 aliphatic rings. The number of ether oxygens (including phenoxy) is 1. The third-order valence-corrected chi connectivity index (χ3v) is 3.45. The topological polar surface area (TPSA) is 41.5 Å². The Hall–Kier alpha value is -1.91. The quantitative estimate of drug-likeness (QED) is 0.856. The monoisotopic (exact) mass is 289 g/mol. The largest absolute Gasteiger partial charge is 0.457 e. The van der Waals surface area contributed by atoms with Gasteiger partial charge in [0.2, 0.25) is 0 Å². The molecule has 2 aromatic rings. The molecular formula is C17H20FNO2. The van der Waals surface area contributed by atoms with Gasteiger partial charge in [0.25, 0.3) is 0 Å². The second-order valence-electron chi connectivity index (χ2n) is 4.85. The fourth-order valence-corrected chi connectivity index (χ4v) is 2.22. The Morgan fingerprint density at radius 1 is 1.14 bits per heavy atom. The minimum absolute atomic E-state index is 0.0449. The van der Waals surface area contributed by atoms with Crippen LogP contribution >= 0.6 is 0 Å². The molecule has 0 fully saturated rings. The second kappa shape index (κ2) is 7.20. The van der Waals surface area contributed by atoms with Crippen molar-refractivity contribution in [2.75, 3.05) is 13.7 Å². The van der Waals surface area contributed by atoms with Gasteiger partial charge in [-0.25, -0.2) is 4.39 Å². The second-order valence-corrected chi connectivity index (χ2v) is 4.85. The predicted molar refractivity (Wildman–Crippen MR) is 81.2 cm³/mol. The molecule has 2 N–H and O–H groups in total. The molecule has 0 spiro atoms. The lowest BCUT2D eigenvalue weighted by Gasteiger charge is -2.18. The van der Waals surface area contributed by atoms with E-state index in [9.17, 15) is 4.39 Å². The SMILES string of the molecule is CNC(C)c1c(F)cccc1Oc1ccccc1CCO. The van der Waals surface area contributed by atoms with Crippen molar-refractivity contribution in [1.82, 2.24) is 5.32 Å². The molecule has 0 heterocycles.